The maximum Gasteiger partial charge on any atom is 0.243 e. The standard InChI is InChI=1S/C17H26N2O3S/c1-13-3-4-14(2)17(11-13)23(21,22)19-9-7-18(8-10-19)12-16(20)15-5-6-15/h3-4,11,15-16,20H,5-10,12H2,1-2H3/t16-/m0/s1. The van der Waals surface area contributed by atoms with Gasteiger partial charge >= 0.3 is 0 Å². The normalized spacial score (nSPS) is 22.2. The van der Waals surface area contributed by atoms with Crippen molar-refractivity contribution in [2.24, 2.45) is 5.92 Å². The van der Waals surface area contributed by atoms with Crippen molar-refractivity contribution in [3.8, 4) is 0 Å². The summed E-state index contributed by atoms with van der Waals surface area (Å²) in [6, 6.07) is 5.56. The van der Waals surface area contributed by atoms with Crippen LogP contribution in [0.25, 0.3) is 0 Å². The molecule has 128 valence electrons. The Bertz CT molecular complexity index is 662. The topological polar surface area (TPSA) is 60.9 Å². The van der Waals surface area contributed by atoms with Gasteiger partial charge in [0.2, 0.25) is 10.0 Å². The molecule has 0 unspecified atom stereocenters. The average Bonchev–Trinajstić information content (AvgIpc) is 3.35. The Morgan fingerprint density at radius 1 is 1.17 bits per heavy atom. The van der Waals surface area contributed by atoms with Crippen LogP contribution in [-0.2, 0) is 10.0 Å². The van der Waals surface area contributed by atoms with Crippen LogP contribution in [0, 0.1) is 19.8 Å². The number of piperazine rings is 1. The van der Waals surface area contributed by atoms with Crippen LogP contribution in [0.3, 0.4) is 0 Å². The zero-order valence-corrected chi connectivity index (χ0v) is 14.7. The third-order valence-corrected chi connectivity index (χ3v) is 6.94. The monoisotopic (exact) mass is 338 g/mol. The number of aliphatic hydroxyl groups excluding tert-OH is 1. The largest absolute Gasteiger partial charge is 0.392 e. The van der Waals surface area contributed by atoms with Gasteiger partial charge in [-0.25, -0.2) is 8.42 Å². The van der Waals surface area contributed by atoms with Gasteiger partial charge in [-0.3, -0.25) is 4.90 Å². The lowest BCUT2D eigenvalue weighted by atomic mass is 10.2. The summed E-state index contributed by atoms with van der Waals surface area (Å²) >= 11 is 0. The van der Waals surface area contributed by atoms with Crippen molar-refractivity contribution in [3.05, 3.63) is 29.3 Å². The Hall–Kier alpha value is -0.950. The van der Waals surface area contributed by atoms with E-state index in [0.717, 1.165) is 24.0 Å². The number of sulfonamides is 1. The van der Waals surface area contributed by atoms with Crippen molar-refractivity contribution in [3.63, 3.8) is 0 Å². The first-order valence-corrected chi connectivity index (χ1v) is 9.80. The van der Waals surface area contributed by atoms with Crippen LogP contribution >= 0.6 is 0 Å². The van der Waals surface area contributed by atoms with Gasteiger partial charge in [-0.05, 0) is 49.8 Å². The molecule has 23 heavy (non-hydrogen) atoms. The summed E-state index contributed by atoms with van der Waals surface area (Å²) in [6.45, 7) is 6.79. The summed E-state index contributed by atoms with van der Waals surface area (Å²) in [5.41, 5.74) is 1.75. The number of benzene rings is 1. The number of hydrogen-bond donors (Lipinski definition) is 1. The molecular formula is C17H26N2O3S. The second-order valence-corrected chi connectivity index (χ2v) is 8.78. The zero-order chi connectivity index (χ0) is 16.6. The lowest BCUT2D eigenvalue weighted by Gasteiger charge is -2.35. The molecule has 1 aromatic carbocycles. The van der Waals surface area contributed by atoms with E-state index in [1.54, 1.807) is 10.4 Å². The van der Waals surface area contributed by atoms with Crippen LogP contribution < -0.4 is 0 Å². The summed E-state index contributed by atoms with van der Waals surface area (Å²) in [6.07, 6.45) is 2.00. The molecule has 2 aliphatic rings. The average molecular weight is 338 g/mol. The van der Waals surface area contributed by atoms with E-state index < -0.39 is 10.0 Å². The van der Waals surface area contributed by atoms with Crippen molar-refractivity contribution >= 4 is 10.0 Å². The fraction of sp³-hybridized carbons (Fsp3) is 0.647. The number of rotatable bonds is 5. The van der Waals surface area contributed by atoms with E-state index in [9.17, 15) is 13.5 Å². The Balaban J connectivity index is 1.65. The van der Waals surface area contributed by atoms with Gasteiger partial charge in [-0.15, -0.1) is 0 Å². The molecule has 1 N–H and O–H groups in total. The van der Waals surface area contributed by atoms with Crippen molar-refractivity contribution in [2.45, 2.75) is 37.7 Å². The van der Waals surface area contributed by atoms with Crippen LogP contribution in [0.4, 0.5) is 0 Å². The van der Waals surface area contributed by atoms with Gasteiger partial charge < -0.3 is 5.11 Å². The molecule has 1 atom stereocenters. The molecule has 1 aliphatic carbocycles. The highest BCUT2D eigenvalue weighted by molar-refractivity contribution is 7.89. The molecular weight excluding hydrogens is 312 g/mol. The van der Waals surface area contributed by atoms with Gasteiger partial charge in [0.05, 0.1) is 11.0 Å². The minimum atomic E-state index is -3.43. The fourth-order valence-electron chi connectivity index (χ4n) is 3.17. The third-order valence-electron chi connectivity index (χ3n) is 4.90. The Labute approximate surface area is 139 Å². The highest BCUT2D eigenvalue weighted by Crippen LogP contribution is 2.33. The highest BCUT2D eigenvalue weighted by Gasteiger charge is 2.33. The SMILES string of the molecule is Cc1ccc(C)c(S(=O)(=O)N2CCN(C[C@H](O)C3CC3)CC2)c1. The van der Waals surface area contributed by atoms with E-state index >= 15 is 0 Å². The van der Waals surface area contributed by atoms with E-state index in [4.69, 9.17) is 0 Å². The summed E-state index contributed by atoms with van der Waals surface area (Å²) < 4.78 is 27.3. The first-order chi connectivity index (χ1) is 10.9. The predicted octanol–water partition coefficient (Wildman–Crippen LogP) is 1.38. The molecule has 1 aliphatic heterocycles. The van der Waals surface area contributed by atoms with Gasteiger partial charge in [-0.1, -0.05) is 12.1 Å². The lowest BCUT2D eigenvalue weighted by molar-refractivity contribution is 0.0782. The van der Waals surface area contributed by atoms with E-state index in [1.165, 1.54) is 0 Å². The predicted molar refractivity (Wildman–Crippen MR) is 89.8 cm³/mol. The number of aryl methyl sites for hydroxylation is 2. The summed E-state index contributed by atoms with van der Waals surface area (Å²) in [7, 11) is -3.43. The van der Waals surface area contributed by atoms with Crippen molar-refractivity contribution in [1.82, 2.24) is 9.21 Å². The van der Waals surface area contributed by atoms with E-state index in [2.05, 4.69) is 4.90 Å². The zero-order valence-electron chi connectivity index (χ0n) is 13.9. The summed E-state index contributed by atoms with van der Waals surface area (Å²) in [4.78, 5) is 2.60. The van der Waals surface area contributed by atoms with Gasteiger partial charge in [0.15, 0.2) is 0 Å². The van der Waals surface area contributed by atoms with Crippen LogP contribution in [0.2, 0.25) is 0 Å². The summed E-state index contributed by atoms with van der Waals surface area (Å²) in [5.74, 6) is 0.465. The first kappa shape index (κ1) is 16.9. The van der Waals surface area contributed by atoms with Crippen molar-refractivity contribution < 1.29 is 13.5 Å². The van der Waals surface area contributed by atoms with Crippen LogP contribution in [0.1, 0.15) is 24.0 Å². The van der Waals surface area contributed by atoms with Gasteiger partial charge in [-0.2, -0.15) is 4.31 Å². The molecule has 2 fully saturated rings. The maximum absolute atomic E-state index is 12.9. The molecule has 5 nitrogen and oxygen atoms in total. The van der Waals surface area contributed by atoms with Crippen LogP contribution in [0.15, 0.2) is 23.1 Å². The highest BCUT2D eigenvalue weighted by atomic mass is 32.2. The second kappa shape index (κ2) is 6.51. The molecule has 3 rings (SSSR count). The molecule has 1 aromatic rings. The van der Waals surface area contributed by atoms with Gasteiger partial charge in [0.1, 0.15) is 0 Å². The minimum Gasteiger partial charge on any atom is -0.392 e. The van der Waals surface area contributed by atoms with Crippen molar-refractivity contribution in [2.75, 3.05) is 32.7 Å². The fourth-order valence-corrected chi connectivity index (χ4v) is 4.90. The first-order valence-electron chi connectivity index (χ1n) is 8.36. The minimum absolute atomic E-state index is 0.253. The Morgan fingerprint density at radius 3 is 2.43 bits per heavy atom. The molecule has 0 spiro atoms. The molecule has 1 heterocycles. The molecule has 0 amide bonds. The van der Waals surface area contributed by atoms with Gasteiger partial charge in [0, 0.05) is 32.7 Å². The number of hydrogen-bond acceptors (Lipinski definition) is 4. The molecule has 0 radical (unpaired) electrons. The second-order valence-electron chi connectivity index (χ2n) is 6.88. The molecule has 6 heteroatoms. The number of aliphatic hydroxyl groups is 1. The third kappa shape index (κ3) is 3.76. The summed E-state index contributed by atoms with van der Waals surface area (Å²) in [5, 5.41) is 10.0. The molecule has 0 bridgehead atoms. The number of nitrogens with zero attached hydrogens (tertiary/aromatic N) is 2. The molecule has 1 saturated carbocycles. The number of β-amino-alcohol motifs (C(OH)–C–C–N with tert-alkyl or cyclic N) is 1. The van der Waals surface area contributed by atoms with E-state index in [0.29, 0.717) is 43.5 Å². The van der Waals surface area contributed by atoms with E-state index in [1.807, 2.05) is 26.0 Å². The van der Waals surface area contributed by atoms with Crippen molar-refractivity contribution in [1.29, 1.82) is 0 Å². The molecule has 1 saturated heterocycles. The smallest absolute Gasteiger partial charge is 0.243 e. The maximum atomic E-state index is 12.9. The van der Waals surface area contributed by atoms with Gasteiger partial charge in [0.25, 0.3) is 0 Å². The van der Waals surface area contributed by atoms with E-state index in [-0.39, 0.29) is 6.10 Å². The quantitative estimate of drug-likeness (QED) is 0.881. The molecule has 0 aromatic heterocycles. The lowest BCUT2D eigenvalue weighted by Crippen LogP contribution is -2.50. The Kier molecular flexibility index (Phi) is 4.78. The van der Waals surface area contributed by atoms with Crippen LogP contribution in [0.5, 0.6) is 0 Å². The Morgan fingerprint density at radius 2 is 1.83 bits per heavy atom. The van der Waals surface area contributed by atoms with Crippen LogP contribution in [-0.4, -0.2) is 61.6 Å².